The molecule has 0 bridgehead atoms. The summed E-state index contributed by atoms with van der Waals surface area (Å²) >= 11 is 0. The van der Waals surface area contributed by atoms with Crippen LogP contribution in [0.3, 0.4) is 0 Å². The number of carbonyl (C=O) groups is 2. The van der Waals surface area contributed by atoms with E-state index >= 15 is 0 Å². The summed E-state index contributed by atoms with van der Waals surface area (Å²) in [6.45, 7) is 10.2. The quantitative estimate of drug-likeness (QED) is 0.0633. The molecule has 0 spiro atoms. The number of benzene rings is 7. The Morgan fingerprint density at radius 3 is 1.64 bits per heavy atom. The largest absolute Gasteiger partial charge is 0.277 e. The number of aryl methyl sites for hydroxylation is 1. The number of rotatable bonds is 5. The molecule has 1 heterocycles. The van der Waals surface area contributed by atoms with Crippen molar-refractivity contribution in [3.63, 3.8) is 0 Å². The fourth-order valence-electron chi connectivity index (χ4n) is 7.72. The van der Waals surface area contributed by atoms with Gasteiger partial charge in [-0.05, 0) is 96.9 Å². The third kappa shape index (κ3) is 3.97. The van der Waals surface area contributed by atoms with Crippen LogP contribution in [-0.2, 0) is 0 Å². The van der Waals surface area contributed by atoms with Gasteiger partial charge in [0.25, 0.3) is 17.5 Å². The molecule has 0 aromatic heterocycles. The maximum atomic E-state index is 14.5. The van der Waals surface area contributed by atoms with Crippen molar-refractivity contribution in [3.8, 4) is 11.1 Å². The fourth-order valence-corrected chi connectivity index (χ4v) is 7.72. The molecule has 0 atom stereocenters. The Hall–Kier alpha value is -5.62. The van der Waals surface area contributed by atoms with E-state index in [0.29, 0.717) is 27.8 Å². The van der Waals surface area contributed by atoms with Crippen molar-refractivity contribution < 1.29 is 14.5 Å². The highest BCUT2D eigenvalue weighted by molar-refractivity contribution is 6.42. The Labute approximate surface area is 271 Å². The molecule has 1 aliphatic heterocycles. The SMILES string of the molecule is Cc1ccc(-c2ccc3c4ccc5c6c(ccc(c7cccc2c73)c64)C(=O)N(c2c(C(C)C)cccc2C(C)C)C5=O)c([N+](=O)[O-])c1. The van der Waals surface area contributed by atoms with Crippen LogP contribution in [0.2, 0.25) is 0 Å². The molecule has 0 aliphatic carbocycles. The summed E-state index contributed by atoms with van der Waals surface area (Å²) in [6.07, 6.45) is 0. The van der Waals surface area contributed by atoms with Crippen molar-refractivity contribution in [2.75, 3.05) is 4.90 Å². The van der Waals surface area contributed by atoms with Crippen LogP contribution in [0.5, 0.6) is 0 Å². The van der Waals surface area contributed by atoms with E-state index in [-0.39, 0.29) is 34.3 Å². The monoisotopic (exact) mass is 616 g/mol. The molecule has 230 valence electrons. The number of imide groups is 1. The van der Waals surface area contributed by atoms with Crippen LogP contribution in [0.15, 0.2) is 91.0 Å². The lowest BCUT2D eigenvalue weighted by Crippen LogP contribution is -2.41. The number of para-hydroxylation sites is 1. The second-order valence-corrected chi connectivity index (χ2v) is 13.3. The van der Waals surface area contributed by atoms with Crippen LogP contribution in [0.1, 0.15) is 76.9 Å². The molecule has 0 N–H and O–H groups in total. The van der Waals surface area contributed by atoms with Gasteiger partial charge in [0.15, 0.2) is 0 Å². The summed E-state index contributed by atoms with van der Waals surface area (Å²) < 4.78 is 0. The van der Waals surface area contributed by atoms with Gasteiger partial charge >= 0.3 is 0 Å². The van der Waals surface area contributed by atoms with Crippen LogP contribution < -0.4 is 4.90 Å². The van der Waals surface area contributed by atoms with Crippen molar-refractivity contribution in [2.45, 2.75) is 46.5 Å². The van der Waals surface area contributed by atoms with E-state index in [1.165, 1.54) is 4.90 Å². The van der Waals surface area contributed by atoms with E-state index in [1.807, 2.05) is 85.8 Å². The van der Waals surface area contributed by atoms with Crippen molar-refractivity contribution in [1.82, 2.24) is 0 Å². The molecule has 2 amide bonds. The Balaban J connectivity index is 1.42. The number of carbonyl (C=O) groups excluding carboxylic acids is 2. The first-order valence-electron chi connectivity index (χ1n) is 16.0. The van der Waals surface area contributed by atoms with Crippen molar-refractivity contribution in [2.24, 2.45) is 0 Å². The Morgan fingerprint density at radius 2 is 1.06 bits per heavy atom. The van der Waals surface area contributed by atoms with E-state index in [4.69, 9.17) is 0 Å². The summed E-state index contributed by atoms with van der Waals surface area (Å²) in [5.41, 5.74) is 5.91. The molecule has 6 nitrogen and oxygen atoms in total. The minimum atomic E-state index is -0.323. The Kier molecular flexibility index (Phi) is 6.25. The Bertz CT molecular complexity index is 2410. The first-order chi connectivity index (χ1) is 22.6. The highest BCUT2D eigenvalue weighted by Crippen LogP contribution is 2.48. The summed E-state index contributed by atoms with van der Waals surface area (Å²) in [6, 6.07) is 29.1. The van der Waals surface area contributed by atoms with Gasteiger partial charge in [0.05, 0.1) is 16.2 Å². The number of fused-ring (bicyclic) bond motifs is 2. The number of hydrogen-bond acceptors (Lipinski definition) is 4. The topological polar surface area (TPSA) is 80.5 Å². The van der Waals surface area contributed by atoms with Gasteiger partial charge in [0, 0.05) is 22.6 Å². The van der Waals surface area contributed by atoms with Gasteiger partial charge in [0.1, 0.15) is 0 Å². The zero-order valence-corrected chi connectivity index (χ0v) is 26.8. The third-order valence-electron chi connectivity index (χ3n) is 9.85. The molecular formula is C41H32N2O4. The number of amides is 2. The molecule has 0 radical (unpaired) electrons. The smallest absolute Gasteiger partial charge is 0.268 e. The van der Waals surface area contributed by atoms with Gasteiger partial charge in [0.2, 0.25) is 0 Å². The second-order valence-electron chi connectivity index (χ2n) is 13.3. The van der Waals surface area contributed by atoms with Crippen LogP contribution in [0, 0.1) is 17.0 Å². The van der Waals surface area contributed by atoms with Crippen molar-refractivity contribution in [1.29, 1.82) is 0 Å². The number of anilines is 1. The average molecular weight is 617 g/mol. The minimum Gasteiger partial charge on any atom is -0.268 e. The van der Waals surface area contributed by atoms with Crippen molar-refractivity contribution >= 4 is 66.3 Å². The molecule has 7 aromatic rings. The first-order valence-corrected chi connectivity index (χ1v) is 16.0. The Morgan fingerprint density at radius 1 is 0.574 bits per heavy atom. The third-order valence-corrected chi connectivity index (χ3v) is 9.85. The van der Waals surface area contributed by atoms with E-state index in [1.54, 1.807) is 6.07 Å². The van der Waals surface area contributed by atoms with Gasteiger partial charge in [-0.1, -0.05) is 94.4 Å². The van der Waals surface area contributed by atoms with Crippen LogP contribution in [0.4, 0.5) is 11.4 Å². The van der Waals surface area contributed by atoms with E-state index in [9.17, 15) is 19.7 Å². The van der Waals surface area contributed by atoms with Gasteiger partial charge < -0.3 is 0 Å². The maximum Gasteiger partial charge on any atom is 0.277 e. The number of nitrogens with zero attached hydrogens (tertiary/aromatic N) is 2. The lowest BCUT2D eigenvalue weighted by atomic mass is 9.83. The predicted molar refractivity (Wildman–Crippen MR) is 190 cm³/mol. The lowest BCUT2D eigenvalue weighted by molar-refractivity contribution is -0.384. The summed E-state index contributed by atoms with van der Waals surface area (Å²) in [5.74, 6) is -0.395. The zero-order valence-electron chi connectivity index (χ0n) is 26.8. The van der Waals surface area contributed by atoms with Crippen LogP contribution >= 0.6 is 0 Å². The molecule has 0 saturated carbocycles. The highest BCUT2D eigenvalue weighted by atomic mass is 16.6. The zero-order chi connectivity index (χ0) is 32.9. The standard InChI is InChI=1S/C41H32N2O4/c1-21(2)24-8-6-9-25(22(3)4)39(24)42-40(44)33-18-16-31-29-11-7-10-28-26(27-13-12-23(5)20-35(27)43(46)47)14-15-30(36(28)29)32-17-19-34(41(42)45)38(33)37(31)32/h6-22H,1-5H3. The number of hydrogen-bond donors (Lipinski definition) is 0. The van der Waals surface area contributed by atoms with Gasteiger partial charge in [-0.3, -0.25) is 19.7 Å². The molecule has 7 aromatic carbocycles. The molecule has 0 saturated heterocycles. The first kappa shape index (κ1) is 28.8. The molecule has 0 fully saturated rings. The fraction of sp³-hybridized carbons (Fsp3) is 0.171. The normalized spacial score (nSPS) is 13.4. The molecule has 47 heavy (non-hydrogen) atoms. The van der Waals surface area contributed by atoms with Crippen LogP contribution in [-0.4, -0.2) is 16.7 Å². The van der Waals surface area contributed by atoms with Crippen LogP contribution in [0.25, 0.3) is 54.2 Å². The predicted octanol–water partition coefficient (Wildman–Crippen LogP) is 10.7. The molecule has 6 heteroatoms. The maximum absolute atomic E-state index is 14.5. The van der Waals surface area contributed by atoms with Gasteiger partial charge in [-0.25, -0.2) is 4.90 Å². The molecular weight excluding hydrogens is 584 g/mol. The number of nitro benzene ring substituents is 1. The summed E-state index contributed by atoms with van der Waals surface area (Å²) in [5, 5.41) is 19.4. The van der Waals surface area contributed by atoms with E-state index in [2.05, 4.69) is 33.8 Å². The van der Waals surface area contributed by atoms with Gasteiger partial charge in [-0.15, -0.1) is 0 Å². The lowest BCUT2D eigenvalue weighted by Gasteiger charge is -2.32. The molecule has 1 aliphatic rings. The van der Waals surface area contributed by atoms with Crippen molar-refractivity contribution in [3.05, 3.63) is 129 Å². The number of nitro groups is 1. The second kappa shape index (κ2) is 10.2. The highest BCUT2D eigenvalue weighted by Gasteiger charge is 2.38. The summed E-state index contributed by atoms with van der Waals surface area (Å²) in [7, 11) is 0. The summed E-state index contributed by atoms with van der Waals surface area (Å²) in [4.78, 5) is 42.2. The van der Waals surface area contributed by atoms with E-state index in [0.717, 1.165) is 60.0 Å². The van der Waals surface area contributed by atoms with Gasteiger partial charge in [-0.2, -0.15) is 0 Å². The van der Waals surface area contributed by atoms with E-state index < -0.39 is 0 Å². The minimum absolute atomic E-state index is 0.0710. The molecule has 0 unspecified atom stereocenters. The molecule has 8 rings (SSSR count). The average Bonchev–Trinajstić information content (AvgIpc) is 3.06.